The van der Waals surface area contributed by atoms with Gasteiger partial charge >= 0.3 is 0 Å². The summed E-state index contributed by atoms with van der Waals surface area (Å²) in [6, 6.07) is 9.35. The number of benzene rings is 1. The molecule has 2 saturated heterocycles. The summed E-state index contributed by atoms with van der Waals surface area (Å²) in [5, 5.41) is 0. The Morgan fingerprint density at radius 2 is 1.71 bits per heavy atom. The smallest absolute Gasteiger partial charge is 0.119 e. The molecule has 0 N–H and O–H groups in total. The van der Waals surface area contributed by atoms with E-state index in [0.29, 0.717) is 6.04 Å². The molecule has 2 aliphatic heterocycles. The van der Waals surface area contributed by atoms with E-state index in [4.69, 9.17) is 9.47 Å². The highest BCUT2D eigenvalue weighted by Gasteiger charge is 2.40. The predicted octanol–water partition coefficient (Wildman–Crippen LogP) is 2.70. The molecule has 0 aliphatic carbocycles. The molecule has 2 fully saturated rings. The highest BCUT2D eigenvalue weighted by atomic mass is 16.5. The second-order valence-electron chi connectivity index (χ2n) is 8.78. The summed E-state index contributed by atoms with van der Waals surface area (Å²) < 4.78 is 11.7. The van der Waals surface area contributed by atoms with Crippen molar-refractivity contribution in [3.63, 3.8) is 0 Å². The van der Waals surface area contributed by atoms with Crippen LogP contribution in [0.3, 0.4) is 0 Å². The van der Waals surface area contributed by atoms with Crippen LogP contribution in [0.25, 0.3) is 0 Å². The topological polar surface area (TPSA) is 28.2 Å². The Balaban J connectivity index is 1.52. The van der Waals surface area contributed by atoms with Crippen LogP contribution < -0.4 is 4.74 Å². The molecule has 0 bridgehead atoms. The van der Waals surface area contributed by atoms with Crippen molar-refractivity contribution in [3.05, 3.63) is 29.8 Å². The van der Waals surface area contributed by atoms with Crippen molar-refractivity contribution in [2.45, 2.75) is 37.6 Å². The van der Waals surface area contributed by atoms with Gasteiger partial charge in [-0.15, -0.1) is 0 Å². The zero-order chi connectivity index (χ0) is 20.0. The Bertz CT molecular complexity index is 576. The Labute approximate surface area is 171 Å². The van der Waals surface area contributed by atoms with Crippen LogP contribution in [0.2, 0.25) is 0 Å². The molecule has 5 nitrogen and oxygen atoms in total. The largest absolute Gasteiger partial charge is 0.494 e. The van der Waals surface area contributed by atoms with Crippen LogP contribution in [0, 0.1) is 0 Å². The van der Waals surface area contributed by atoms with Crippen LogP contribution in [0.1, 0.15) is 31.7 Å². The summed E-state index contributed by atoms with van der Waals surface area (Å²) in [4.78, 5) is 7.29. The van der Waals surface area contributed by atoms with Crippen molar-refractivity contribution in [2.24, 2.45) is 0 Å². The summed E-state index contributed by atoms with van der Waals surface area (Å²) >= 11 is 0. The molecule has 5 heteroatoms. The molecule has 2 aliphatic rings. The lowest BCUT2D eigenvalue weighted by Crippen LogP contribution is -2.49. The highest BCUT2D eigenvalue weighted by Crippen LogP contribution is 2.40. The molecule has 1 aromatic rings. The first-order valence-electron chi connectivity index (χ1n) is 10.9. The lowest BCUT2D eigenvalue weighted by Gasteiger charge is -2.45. The van der Waals surface area contributed by atoms with Gasteiger partial charge in [-0.25, -0.2) is 0 Å². The molecule has 1 atom stereocenters. The molecule has 0 amide bonds. The van der Waals surface area contributed by atoms with Crippen LogP contribution in [0.15, 0.2) is 24.3 Å². The standard InChI is InChI=1S/C23H39N3O2/c1-20(24(2)3)23(10-18-27-19-11-23)21-6-8-22(9-7-21)28-17-5-12-26-15-13-25(4)14-16-26/h6-9,20H,5,10-19H2,1-4H3. The van der Waals surface area contributed by atoms with Crippen LogP contribution in [-0.2, 0) is 10.2 Å². The average molecular weight is 390 g/mol. The second kappa shape index (κ2) is 10.1. The molecular formula is C23H39N3O2. The number of ether oxygens (including phenoxy) is 2. The average Bonchev–Trinajstić information content (AvgIpc) is 2.73. The zero-order valence-corrected chi connectivity index (χ0v) is 18.3. The molecule has 1 aromatic carbocycles. The van der Waals surface area contributed by atoms with Gasteiger partial charge in [0.05, 0.1) is 6.61 Å². The minimum absolute atomic E-state index is 0.168. The van der Waals surface area contributed by atoms with Crippen LogP contribution in [0.4, 0.5) is 0 Å². The molecule has 3 rings (SSSR count). The minimum atomic E-state index is 0.168. The third-order valence-electron chi connectivity index (χ3n) is 6.87. The van der Waals surface area contributed by atoms with Gasteiger partial charge in [0.2, 0.25) is 0 Å². The molecule has 0 radical (unpaired) electrons. The highest BCUT2D eigenvalue weighted by molar-refractivity contribution is 5.34. The third-order valence-corrected chi connectivity index (χ3v) is 6.87. The van der Waals surface area contributed by atoms with E-state index in [1.165, 1.54) is 31.7 Å². The Morgan fingerprint density at radius 3 is 2.32 bits per heavy atom. The third kappa shape index (κ3) is 5.26. The van der Waals surface area contributed by atoms with E-state index in [1.54, 1.807) is 0 Å². The van der Waals surface area contributed by atoms with Gasteiger partial charge in [0.25, 0.3) is 0 Å². The lowest BCUT2D eigenvalue weighted by atomic mass is 9.69. The van der Waals surface area contributed by atoms with Gasteiger partial charge in [-0.3, -0.25) is 0 Å². The number of rotatable bonds is 8. The summed E-state index contributed by atoms with van der Waals surface area (Å²) in [5.74, 6) is 0.988. The number of piperazine rings is 1. The summed E-state index contributed by atoms with van der Waals surface area (Å²) in [7, 11) is 6.56. The fraction of sp³-hybridized carbons (Fsp3) is 0.739. The molecule has 28 heavy (non-hydrogen) atoms. The van der Waals surface area contributed by atoms with Gasteiger partial charge in [-0.1, -0.05) is 12.1 Å². The lowest BCUT2D eigenvalue weighted by molar-refractivity contribution is 0.0193. The van der Waals surface area contributed by atoms with Crippen molar-refractivity contribution < 1.29 is 9.47 Å². The summed E-state index contributed by atoms with van der Waals surface area (Å²) in [6.07, 6.45) is 3.25. The number of hydrogen-bond acceptors (Lipinski definition) is 5. The first-order chi connectivity index (χ1) is 13.5. The molecule has 0 aromatic heterocycles. The molecular weight excluding hydrogens is 350 g/mol. The number of nitrogens with zero attached hydrogens (tertiary/aromatic N) is 3. The van der Waals surface area contributed by atoms with Crippen LogP contribution in [-0.4, -0.2) is 94.4 Å². The zero-order valence-electron chi connectivity index (χ0n) is 18.3. The van der Waals surface area contributed by atoms with Gasteiger partial charge in [-0.05, 0) is 65.0 Å². The Morgan fingerprint density at radius 1 is 1.07 bits per heavy atom. The normalized spacial score (nSPS) is 22.3. The van der Waals surface area contributed by atoms with Crippen molar-refractivity contribution in [3.8, 4) is 5.75 Å². The van der Waals surface area contributed by atoms with Gasteiger partial charge < -0.3 is 24.2 Å². The van der Waals surface area contributed by atoms with Crippen molar-refractivity contribution in [1.29, 1.82) is 0 Å². The fourth-order valence-corrected chi connectivity index (χ4v) is 4.61. The second-order valence-corrected chi connectivity index (χ2v) is 8.78. The molecule has 1 unspecified atom stereocenters. The molecule has 0 spiro atoms. The van der Waals surface area contributed by atoms with E-state index in [-0.39, 0.29) is 5.41 Å². The first-order valence-corrected chi connectivity index (χ1v) is 10.9. The van der Waals surface area contributed by atoms with Crippen molar-refractivity contribution in [2.75, 3.05) is 73.7 Å². The van der Waals surface area contributed by atoms with E-state index in [1.807, 2.05) is 0 Å². The minimum Gasteiger partial charge on any atom is -0.494 e. The fourth-order valence-electron chi connectivity index (χ4n) is 4.61. The Kier molecular flexibility index (Phi) is 7.75. The van der Waals surface area contributed by atoms with Crippen LogP contribution >= 0.6 is 0 Å². The van der Waals surface area contributed by atoms with Crippen LogP contribution in [0.5, 0.6) is 5.75 Å². The molecule has 0 saturated carbocycles. The van der Waals surface area contributed by atoms with Gasteiger partial charge in [0, 0.05) is 57.4 Å². The van der Waals surface area contributed by atoms with E-state index in [9.17, 15) is 0 Å². The van der Waals surface area contributed by atoms with E-state index in [2.05, 4.69) is 67.0 Å². The summed E-state index contributed by atoms with van der Waals surface area (Å²) in [6.45, 7) is 10.7. The summed E-state index contributed by atoms with van der Waals surface area (Å²) in [5.41, 5.74) is 1.59. The number of likely N-dealkylation sites (N-methyl/N-ethyl adjacent to an activating group) is 2. The maximum atomic E-state index is 6.03. The first kappa shape index (κ1) is 21.6. The SMILES string of the molecule is CC(N(C)C)C1(c2ccc(OCCCN3CCN(C)CC3)cc2)CCOCC1. The number of hydrogen-bond donors (Lipinski definition) is 0. The van der Waals surface area contributed by atoms with Crippen molar-refractivity contribution in [1.82, 2.24) is 14.7 Å². The van der Waals surface area contributed by atoms with E-state index >= 15 is 0 Å². The maximum Gasteiger partial charge on any atom is 0.119 e. The monoisotopic (exact) mass is 389 g/mol. The van der Waals surface area contributed by atoms with Gasteiger partial charge in [-0.2, -0.15) is 0 Å². The van der Waals surface area contributed by atoms with E-state index in [0.717, 1.165) is 51.4 Å². The quantitative estimate of drug-likeness (QED) is 0.638. The van der Waals surface area contributed by atoms with Gasteiger partial charge in [0.1, 0.15) is 5.75 Å². The Hall–Kier alpha value is -1.14. The van der Waals surface area contributed by atoms with Crippen molar-refractivity contribution >= 4 is 0 Å². The van der Waals surface area contributed by atoms with E-state index < -0.39 is 0 Å². The molecule has 158 valence electrons. The molecule has 2 heterocycles. The maximum absolute atomic E-state index is 6.03. The predicted molar refractivity (Wildman–Crippen MR) is 115 cm³/mol. The van der Waals surface area contributed by atoms with Gasteiger partial charge in [0.15, 0.2) is 0 Å².